The minimum Gasteiger partial charge on any atom is -0.385 e. The zero-order chi connectivity index (χ0) is 11.6. The predicted molar refractivity (Wildman–Crippen MR) is 70.5 cm³/mol. The Kier molecular flexibility index (Phi) is 6.38. The Labute approximate surface area is 98.5 Å². The number of rotatable bonds is 8. The minimum absolute atomic E-state index is 0.577. The van der Waals surface area contributed by atoms with Crippen LogP contribution in [0.5, 0.6) is 0 Å². The van der Waals surface area contributed by atoms with Crippen LogP contribution in [0.4, 0.5) is 11.5 Å². The van der Waals surface area contributed by atoms with Crippen molar-refractivity contribution in [1.82, 2.24) is 4.98 Å². The molecule has 0 radical (unpaired) electrons. The summed E-state index contributed by atoms with van der Waals surface area (Å²) >= 11 is 0. The summed E-state index contributed by atoms with van der Waals surface area (Å²) in [6.45, 7) is 3.27. The molecule has 0 aliphatic rings. The van der Waals surface area contributed by atoms with E-state index in [-0.39, 0.29) is 0 Å². The van der Waals surface area contributed by atoms with E-state index in [1.54, 1.807) is 6.20 Å². The van der Waals surface area contributed by atoms with Crippen LogP contribution in [0, 0.1) is 0 Å². The molecule has 1 aromatic heterocycles. The number of nitrogens with two attached hydrogens (primary N) is 1. The van der Waals surface area contributed by atoms with E-state index in [1.165, 1.54) is 38.5 Å². The third kappa shape index (κ3) is 5.59. The SMILES string of the molecule is CCCCCCCCNc1ccnc(N)c1. The summed E-state index contributed by atoms with van der Waals surface area (Å²) in [4.78, 5) is 3.96. The van der Waals surface area contributed by atoms with Gasteiger partial charge < -0.3 is 11.1 Å². The first-order chi connectivity index (χ1) is 7.83. The summed E-state index contributed by atoms with van der Waals surface area (Å²) < 4.78 is 0. The van der Waals surface area contributed by atoms with Gasteiger partial charge in [-0.05, 0) is 12.5 Å². The van der Waals surface area contributed by atoms with Gasteiger partial charge in [-0.2, -0.15) is 0 Å². The molecule has 3 heteroatoms. The van der Waals surface area contributed by atoms with E-state index in [9.17, 15) is 0 Å². The Morgan fingerprint density at radius 1 is 1.19 bits per heavy atom. The maximum absolute atomic E-state index is 5.59. The number of nitrogens with zero attached hydrogens (tertiary/aromatic N) is 1. The molecule has 0 amide bonds. The summed E-state index contributed by atoms with van der Waals surface area (Å²) in [5.74, 6) is 0.577. The van der Waals surface area contributed by atoms with Crippen LogP contribution in [0.3, 0.4) is 0 Å². The number of aromatic nitrogens is 1. The summed E-state index contributed by atoms with van der Waals surface area (Å²) in [6, 6.07) is 3.82. The highest BCUT2D eigenvalue weighted by Gasteiger charge is 1.93. The normalized spacial score (nSPS) is 10.3. The van der Waals surface area contributed by atoms with Crippen molar-refractivity contribution in [1.29, 1.82) is 0 Å². The average Bonchev–Trinajstić information content (AvgIpc) is 2.28. The van der Waals surface area contributed by atoms with Crippen molar-refractivity contribution in [2.24, 2.45) is 0 Å². The summed E-state index contributed by atoms with van der Waals surface area (Å²) in [6.07, 6.45) is 9.69. The predicted octanol–water partition coefficient (Wildman–Crippen LogP) is 3.44. The fraction of sp³-hybridized carbons (Fsp3) is 0.615. The molecule has 0 saturated carbocycles. The van der Waals surface area contributed by atoms with Gasteiger partial charge in [-0.3, -0.25) is 0 Å². The van der Waals surface area contributed by atoms with Crippen LogP contribution in [0.2, 0.25) is 0 Å². The van der Waals surface area contributed by atoms with E-state index in [0.29, 0.717) is 5.82 Å². The van der Waals surface area contributed by atoms with E-state index in [2.05, 4.69) is 17.2 Å². The molecule has 3 nitrogen and oxygen atoms in total. The van der Waals surface area contributed by atoms with Crippen LogP contribution < -0.4 is 11.1 Å². The zero-order valence-corrected chi connectivity index (χ0v) is 10.2. The maximum Gasteiger partial charge on any atom is 0.125 e. The van der Waals surface area contributed by atoms with Crippen LogP contribution in [0.25, 0.3) is 0 Å². The molecule has 1 aromatic rings. The van der Waals surface area contributed by atoms with Crippen LogP contribution >= 0.6 is 0 Å². The third-order valence-electron chi connectivity index (χ3n) is 2.64. The van der Waals surface area contributed by atoms with Gasteiger partial charge in [0.15, 0.2) is 0 Å². The van der Waals surface area contributed by atoms with Crippen LogP contribution in [-0.4, -0.2) is 11.5 Å². The lowest BCUT2D eigenvalue weighted by atomic mass is 10.1. The van der Waals surface area contributed by atoms with E-state index in [4.69, 9.17) is 5.73 Å². The molecule has 0 aliphatic heterocycles. The average molecular weight is 221 g/mol. The molecule has 16 heavy (non-hydrogen) atoms. The highest BCUT2D eigenvalue weighted by atomic mass is 14.9. The topological polar surface area (TPSA) is 50.9 Å². The van der Waals surface area contributed by atoms with Gasteiger partial charge in [-0.25, -0.2) is 4.98 Å². The molecule has 0 spiro atoms. The fourth-order valence-electron chi connectivity index (χ4n) is 1.70. The van der Waals surface area contributed by atoms with Crippen molar-refractivity contribution in [3.63, 3.8) is 0 Å². The standard InChI is InChI=1S/C13H23N3/c1-2-3-4-5-6-7-9-15-12-8-10-16-13(14)11-12/h8,10-11H,2-7,9H2,1H3,(H3,14,15,16). The number of hydrogen-bond acceptors (Lipinski definition) is 3. The van der Waals surface area contributed by atoms with Gasteiger partial charge in [0, 0.05) is 24.5 Å². The van der Waals surface area contributed by atoms with E-state index in [0.717, 1.165) is 12.2 Å². The number of unbranched alkanes of at least 4 members (excludes halogenated alkanes) is 5. The van der Waals surface area contributed by atoms with Crippen LogP contribution in [0.15, 0.2) is 18.3 Å². The molecule has 0 atom stereocenters. The van der Waals surface area contributed by atoms with Crippen molar-refractivity contribution in [2.45, 2.75) is 45.4 Å². The Balaban J connectivity index is 2.03. The van der Waals surface area contributed by atoms with Crippen molar-refractivity contribution in [3.8, 4) is 0 Å². The highest BCUT2D eigenvalue weighted by Crippen LogP contribution is 2.10. The number of hydrogen-bond donors (Lipinski definition) is 2. The number of nitrogens with one attached hydrogen (secondary N) is 1. The second kappa shape index (κ2) is 7.97. The monoisotopic (exact) mass is 221 g/mol. The smallest absolute Gasteiger partial charge is 0.125 e. The van der Waals surface area contributed by atoms with Crippen molar-refractivity contribution >= 4 is 11.5 Å². The Morgan fingerprint density at radius 3 is 2.69 bits per heavy atom. The molecular weight excluding hydrogens is 198 g/mol. The molecule has 0 unspecified atom stereocenters. The minimum atomic E-state index is 0.577. The summed E-state index contributed by atoms with van der Waals surface area (Å²) in [5, 5.41) is 3.36. The third-order valence-corrected chi connectivity index (χ3v) is 2.64. The van der Waals surface area contributed by atoms with E-state index < -0.39 is 0 Å². The zero-order valence-electron chi connectivity index (χ0n) is 10.2. The van der Waals surface area contributed by atoms with Gasteiger partial charge in [0.25, 0.3) is 0 Å². The first kappa shape index (κ1) is 12.8. The van der Waals surface area contributed by atoms with Gasteiger partial charge in [0.2, 0.25) is 0 Å². The molecule has 1 rings (SSSR count). The second-order valence-corrected chi connectivity index (χ2v) is 4.16. The van der Waals surface area contributed by atoms with Crippen molar-refractivity contribution < 1.29 is 0 Å². The number of anilines is 2. The first-order valence-electron chi connectivity index (χ1n) is 6.28. The molecule has 90 valence electrons. The molecule has 1 heterocycles. The molecule has 0 aliphatic carbocycles. The van der Waals surface area contributed by atoms with Crippen LogP contribution in [-0.2, 0) is 0 Å². The van der Waals surface area contributed by atoms with Gasteiger partial charge in [-0.15, -0.1) is 0 Å². The first-order valence-corrected chi connectivity index (χ1v) is 6.28. The summed E-state index contributed by atoms with van der Waals surface area (Å²) in [7, 11) is 0. The summed E-state index contributed by atoms with van der Waals surface area (Å²) in [5.41, 5.74) is 6.66. The molecule has 3 N–H and O–H groups in total. The Morgan fingerprint density at radius 2 is 1.94 bits per heavy atom. The fourth-order valence-corrected chi connectivity index (χ4v) is 1.70. The van der Waals surface area contributed by atoms with Gasteiger partial charge >= 0.3 is 0 Å². The largest absolute Gasteiger partial charge is 0.385 e. The molecule has 0 fully saturated rings. The second-order valence-electron chi connectivity index (χ2n) is 4.16. The maximum atomic E-state index is 5.59. The molecule has 0 aromatic carbocycles. The Hall–Kier alpha value is -1.25. The lowest BCUT2D eigenvalue weighted by molar-refractivity contribution is 0.617. The van der Waals surface area contributed by atoms with Gasteiger partial charge in [0.1, 0.15) is 5.82 Å². The lowest BCUT2D eigenvalue weighted by Crippen LogP contribution is -2.02. The van der Waals surface area contributed by atoms with Crippen molar-refractivity contribution in [3.05, 3.63) is 18.3 Å². The van der Waals surface area contributed by atoms with E-state index in [1.807, 2.05) is 12.1 Å². The van der Waals surface area contributed by atoms with Crippen LogP contribution in [0.1, 0.15) is 45.4 Å². The molecule has 0 saturated heterocycles. The quantitative estimate of drug-likeness (QED) is 0.661. The van der Waals surface area contributed by atoms with Gasteiger partial charge in [0.05, 0.1) is 0 Å². The Bertz CT molecular complexity index is 286. The lowest BCUT2D eigenvalue weighted by Gasteiger charge is -2.06. The number of nitrogen functional groups attached to an aromatic ring is 1. The van der Waals surface area contributed by atoms with Crippen molar-refractivity contribution in [2.75, 3.05) is 17.6 Å². The molecular formula is C13H23N3. The molecule has 0 bridgehead atoms. The number of pyridine rings is 1. The highest BCUT2D eigenvalue weighted by molar-refractivity contribution is 5.49. The van der Waals surface area contributed by atoms with E-state index >= 15 is 0 Å². The van der Waals surface area contributed by atoms with Gasteiger partial charge in [-0.1, -0.05) is 39.0 Å².